The highest BCUT2D eigenvalue weighted by Gasteiger charge is 2.14. The van der Waals surface area contributed by atoms with Crippen LogP contribution in [0.4, 0.5) is 0 Å². The van der Waals surface area contributed by atoms with Crippen LogP contribution in [0, 0.1) is 0 Å². The third kappa shape index (κ3) is 3.42. The molecule has 0 aromatic rings. The van der Waals surface area contributed by atoms with E-state index in [9.17, 15) is 4.79 Å². The third-order valence-electron chi connectivity index (χ3n) is 0.954. The lowest BCUT2D eigenvalue weighted by molar-refractivity contribution is -0.184. The predicted octanol–water partition coefficient (Wildman–Crippen LogP) is -0.361. The van der Waals surface area contributed by atoms with Crippen molar-refractivity contribution in [2.45, 2.75) is 32.7 Å². The number of aliphatic hydroxyl groups is 2. The minimum absolute atomic E-state index is 0.198. The standard InChI is InChI=1S/C6H12O4/c1-3-5(8)10-6(9)4(2)7/h4,6-7,9H,3H2,1-2H3. The van der Waals surface area contributed by atoms with Gasteiger partial charge >= 0.3 is 5.97 Å². The molecule has 0 saturated carbocycles. The van der Waals surface area contributed by atoms with Crippen LogP contribution in [0.5, 0.6) is 0 Å². The molecule has 0 aliphatic heterocycles. The van der Waals surface area contributed by atoms with Crippen LogP contribution in [0.2, 0.25) is 0 Å². The number of carbonyl (C=O) groups is 1. The lowest BCUT2D eigenvalue weighted by atomic mass is 10.4. The molecule has 0 radical (unpaired) electrons. The molecule has 0 saturated heterocycles. The quantitative estimate of drug-likeness (QED) is 0.423. The topological polar surface area (TPSA) is 66.8 Å². The first kappa shape index (κ1) is 9.39. The number of carbonyl (C=O) groups excluding carboxylic acids is 1. The molecule has 0 aromatic carbocycles. The molecule has 4 nitrogen and oxygen atoms in total. The molecule has 10 heavy (non-hydrogen) atoms. The van der Waals surface area contributed by atoms with Gasteiger partial charge in [0.25, 0.3) is 0 Å². The van der Waals surface area contributed by atoms with Crippen LogP contribution >= 0.6 is 0 Å². The summed E-state index contributed by atoms with van der Waals surface area (Å²) in [6.07, 6.45) is -2.23. The Kier molecular flexibility index (Phi) is 3.99. The summed E-state index contributed by atoms with van der Waals surface area (Å²) in [6, 6.07) is 0. The van der Waals surface area contributed by atoms with Crippen molar-refractivity contribution in [3.63, 3.8) is 0 Å². The zero-order valence-electron chi connectivity index (χ0n) is 6.07. The van der Waals surface area contributed by atoms with E-state index < -0.39 is 18.4 Å². The van der Waals surface area contributed by atoms with Crippen molar-refractivity contribution in [3.8, 4) is 0 Å². The van der Waals surface area contributed by atoms with Gasteiger partial charge in [0.1, 0.15) is 6.10 Å². The van der Waals surface area contributed by atoms with Gasteiger partial charge in [-0.15, -0.1) is 0 Å². The second kappa shape index (κ2) is 4.24. The van der Waals surface area contributed by atoms with Gasteiger partial charge in [-0.05, 0) is 6.92 Å². The van der Waals surface area contributed by atoms with Crippen molar-refractivity contribution < 1.29 is 19.7 Å². The molecule has 0 spiro atoms. The fourth-order valence-electron chi connectivity index (χ4n) is 0.316. The van der Waals surface area contributed by atoms with Crippen LogP contribution in [0.25, 0.3) is 0 Å². The zero-order chi connectivity index (χ0) is 8.15. The van der Waals surface area contributed by atoms with Crippen LogP contribution < -0.4 is 0 Å². The molecule has 0 rings (SSSR count). The van der Waals surface area contributed by atoms with Gasteiger partial charge in [0.15, 0.2) is 0 Å². The Morgan fingerprint density at radius 1 is 1.60 bits per heavy atom. The molecular formula is C6H12O4. The Balaban J connectivity index is 3.57. The predicted molar refractivity (Wildman–Crippen MR) is 34.1 cm³/mol. The number of esters is 1. The molecule has 2 atom stereocenters. The van der Waals surface area contributed by atoms with Gasteiger partial charge in [-0.3, -0.25) is 4.79 Å². The van der Waals surface area contributed by atoms with Crippen molar-refractivity contribution in [3.05, 3.63) is 0 Å². The molecular weight excluding hydrogens is 136 g/mol. The van der Waals surface area contributed by atoms with Gasteiger partial charge in [-0.1, -0.05) is 6.92 Å². The van der Waals surface area contributed by atoms with E-state index in [2.05, 4.69) is 4.74 Å². The molecule has 0 amide bonds. The van der Waals surface area contributed by atoms with Crippen LogP contribution in [-0.2, 0) is 9.53 Å². The largest absolute Gasteiger partial charge is 0.433 e. The number of rotatable bonds is 3. The fourth-order valence-corrected chi connectivity index (χ4v) is 0.316. The molecule has 2 N–H and O–H groups in total. The maximum Gasteiger partial charge on any atom is 0.307 e. The molecule has 0 aliphatic rings. The van der Waals surface area contributed by atoms with E-state index in [0.717, 1.165) is 0 Å². The first-order valence-corrected chi connectivity index (χ1v) is 3.13. The summed E-state index contributed by atoms with van der Waals surface area (Å²) in [6.45, 7) is 2.95. The molecule has 0 aromatic heterocycles. The van der Waals surface area contributed by atoms with Gasteiger partial charge in [-0.2, -0.15) is 0 Å². The second-order valence-corrected chi connectivity index (χ2v) is 1.97. The summed E-state index contributed by atoms with van der Waals surface area (Å²) in [4.78, 5) is 10.4. The Bertz CT molecular complexity index is 110. The van der Waals surface area contributed by atoms with Crippen LogP contribution in [0.3, 0.4) is 0 Å². The smallest absolute Gasteiger partial charge is 0.307 e. The molecule has 60 valence electrons. The highest BCUT2D eigenvalue weighted by Crippen LogP contribution is 1.96. The third-order valence-corrected chi connectivity index (χ3v) is 0.954. The van der Waals surface area contributed by atoms with Gasteiger partial charge in [0.2, 0.25) is 6.29 Å². The van der Waals surface area contributed by atoms with E-state index in [-0.39, 0.29) is 6.42 Å². The van der Waals surface area contributed by atoms with E-state index in [4.69, 9.17) is 10.2 Å². The number of hydrogen-bond donors (Lipinski definition) is 2. The number of aliphatic hydroxyl groups excluding tert-OH is 2. The Morgan fingerprint density at radius 3 is 2.40 bits per heavy atom. The van der Waals surface area contributed by atoms with Crippen molar-refractivity contribution >= 4 is 5.97 Å². The van der Waals surface area contributed by atoms with Gasteiger partial charge < -0.3 is 14.9 Å². The van der Waals surface area contributed by atoms with Crippen molar-refractivity contribution in [1.82, 2.24) is 0 Å². The van der Waals surface area contributed by atoms with Crippen molar-refractivity contribution in [2.24, 2.45) is 0 Å². The normalized spacial score (nSPS) is 16.0. The maximum absolute atomic E-state index is 10.4. The lowest BCUT2D eigenvalue weighted by Gasteiger charge is -2.13. The average molecular weight is 148 g/mol. The summed E-state index contributed by atoms with van der Waals surface area (Å²) in [7, 11) is 0. The van der Waals surface area contributed by atoms with Crippen molar-refractivity contribution in [2.75, 3.05) is 0 Å². The highest BCUT2D eigenvalue weighted by molar-refractivity contribution is 5.68. The Morgan fingerprint density at radius 2 is 2.10 bits per heavy atom. The summed E-state index contributed by atoms with van der Waals surface area (Å²) >= 11 is 0. The van der Waals surface area contributed by atoms with Crippen LogP contribution in [0.15, 0.2) is 0 Å². The first-order chi connectivity index (χ1) is 4.57. The van der Waals surface area contributed by atoms with E-state index >= 15 is 0 Å². The number of ether oxygens (including phenoxy) is 1. The van der Waals surface area contributed by atoms with E-state index in [1.54, 1.807) is 6.92 Å². The van der Waals surface area contributed by atoms with Gasteiger partial charge in [0, 0.05) is 6.42 Å². The van der Waals surface area contributed by atoms with E-state index in [1.165, 1.54) is 6.92 Å². The molecule has 0 fully saturated rings. The van der Waals surface area contributed by atoms with Crippen LogP contribution in [0.1, 0.15) is 20.3 Å². The van der Waals surface area contributed by atoms with Crippen molar-refractivity contribution in [1.29, 1.82) is 0 Å². The van der Waals surface area contributed by atoms with Gasteiger partial charge in [-0.25, -0.2) is 0 Å². The second-order valence-electron chi connectivity index (χ2n) is 1.97. The molecule has 4 heteroatoms. The average Bonchev–Trinajstić information content (AvgIpc) is 1.87. The summed E-state index contributed by atoms with van der Waals surface area (Å²) in [5.74, 6) is -0.520. The minimum atomic E-state index is -1.40. The molecule has 0 heterocycles. The minimum Gasteiger partial charge on any atom is -0.433 e. The summed E-state index contributed by atoms with van der Waals surface area (Å²) in [5, 5.41) is 17.4. The molecule has 2 unspecified atom stereocenters. The summed E-state index contributed by atoms with van der Waals surface area (Å²) < 4.78 is 4.33. The Labute approximate surface area is 59.4 Å². The van der Waals surface area contributed by atoms with Gasteiger partial charge in [0.05, 0.1) is 0 Å². The monoisotopic (exact) mass is 148 g/mol. The molecule has 0 aliphatic carbocycles. The van der Waals surface area contributed by atoms with E-state index in [0.29, 0.717) is 0 Å². The Hall–Kier alpha value is -0.610. The fraction of sp³-hybridized carbons (Fsp3) is 0.833. The van der Waals surface area contributed by atoms with Crippen LogP contribution in [-0.4, -0.2) is 28.6 Å². The lowest BCUT2D eigenvalue weighted by Crippen LogP contribution is -2.28. The first-order valence-electron chi connectivity index (χ1n) is 3.13. The van der Waals surface area contributed by atoms with E-state index in [1.807, 2.05) is 0 Å². The molecule has 0 bridgehead atoms. The SMILES string of the molecule is CCC(=O)OC(O)C(C)O. The number of hydrogen-bond acceptors (Lipinski definition) is 4. The highest BCUT2D eigenvalue weighted by atomic mass is 16.6. The zero-order valence-corrected chi connectivity index (χ0v) is 6.07. The summed E-state index contributed by atoms with van der Waals surface area (Å²) in [5.41, 5.74) is 0. The maximum atomic E-state index is 10.4.